The molecule has 1 rings (SSSR count). The van der Waals surface area contributed by atoms with E-state index in [0.29, 0.717) is 6.54 Å². The van der Waals surface area contributed by atoms with Crippen molar-refractivity contribution < 1.29 is 0 Å². The minimum atomic E-state index is 0.208. The van der Waals surface area contributed by atoms with Crippen LogP contribution in [0.15, 0.2) is 27.1 Å². The molecule has 0 amide bonds. The lowest BCUT2D eigenvalue weighted by atomic mass is 10.1. The van der Waals surface area contributed by atoms with Crippen molar-refractivity contribution in [2.24, 2.45) is 5.73 Å². The van der Waals surface area contributed by atoms with E-state index in [1.165, 1.54) is 5.56 Å². The number of benzene rings is 1. The Morgan fingerprint density at radius 3 is 2.53 bits per heavy atom. The lowest BCUT2D eigenvalue weighted by Gasteiger charge is -2.19. The first-order valence-corrected chi connectivity index (χ1v) is 7.16. The molecule has 0 spiro atoms. The topological polar surface area (TPSA) is 41.3 Å². The molecule has 0 radical (unpaired) electrons. The summed E-state index contributed by atoms with van der Waals surface area (Å²) in [5, 5.41) is 3.46. The van der Waals surface area contributed by atoms with E-state index in [9.17, 15) is 0 Å². The fraction of sp³-hybridized carbons (Fsp3) is 0.500. The van der Waals surface area contributed by atoms with E-state index in [0.717, 1.165) is 22.0 Å². The molecule has 5 heteroatoms. The molecule has 96 valence electrons. The molecule has 0 aromatic heterocycles. The minimum absolute atomic E-state index is 0.208. The Labute approximate surface area is 120 Å². The van der Waals surface area contributed by atoms with Gasteiger partial charge in [-0.3, -0.25) is 0 Å². The summed E-state index contributed by atoms with van der Waals surface area (Å²) in [5.74, 6) is 0. The summed E-state index contributed by atoms with van der Waals surface area (Å²) in [6, 6.07) is 6.44. The normalized spacial score (nSPS) is 13.1. The molecule has 1 unspecified atom stereocenters. The van der Waals surface area contributed by atoms with Gasteiger partial charge in [-0.2, -0.15) is 0 Å². The zero-order chi connectivity index (χ0) is 12.8. The van der Waals surface area contributed by atoms with Crippen LogP contribution >= 0.6 is 31.9 Å². The van der Waals surface area contributed by atoms with Gasteiger partial charge >= 0.3 is 0 Å². The summed E-state index contributed by atoms with van der Waals surface area (Å²) in [6.45, 7) is 2.54. The highest BCUT2D eigenvalue weighted by atomic mass is 79.9. The Bertz CT molecular complexity index is 356. The van der Waals surface area contributed by atoms with Gasteiger partial charge in [0.1, 0.15) is 0 Å². The van der Waals surface area contributed by atoms with Crippen molar-refractivity contribution in [2.75, 3.05) is 33.7 Å². The zero-order valence-corrected chi connectivity index (χ0v) is 13.4. The standard InChI is InChI=1S/C12H19Br2N3/c1-17(2)6-5-16-12(8-15)9-3-4-10(13)11(14)7-9/h3-4,7,12,16H,5-6,8,15H2,1-2H3. The summed E-state index contributed by atoms with van der Waals surface area (Å²) in [6.07, 6.45) is 0. The Morgan fingerprint density at radius 2 is 2.00 bits per heavy atom. The molecule has 0 saturated carbocycles. The van der Waals surface area contributed by atoms with E-state index in [-0.39, 0.29) is 6.04 Å². The number of hydrogen-bond acceptors (Lipinski definition) is 3. The highest BCUT2D eigenvalue weighted by Gasteiger charge is 2.10. The lowest BCUT2D eigenvalue weighted by Crippen LogP contribution is -2.33. The fourth-order valence-electron chi connectivity index (χ4n) is 1.53. The molecule has 3 N–H and O–H groups in total. The second-order valence-electron chi connectivity index (χ2n) is 4.22. The number of nitrogens with two attached hydrogens (primary N) is 1. The van der Waals surface area contributed by atoms with Crippen LogP contribution in [0.25, 0.3) is 0 Å². The van der Waals surface area contributed by atoms with Gasteiger partial charge in [0.15, 0.2) is 0 Å². The molecule has 0 fully saturated rings. The van der Waals surface area contributed by atoms with Gasteiger partial charge in [0, 0.05) is 34.6 Å². The molecular formula is C12H19Br2N3. The van der Waals surface area contributed by atoms with E-state index in [4.69, 9.17) is 5.73 Å². The average molecular weight is 365 g/mol. The van der Waals surface area contributed by atoms with Crippen molar-refractivity contribution in [3.8, 4) is 0 Å². The predicted molar refractivity (Wildman–Crippen MR) is 80.2 cm³/mol. The van der Waals surface area contributed by atoms with Gasteiger partial charge in [-0.05, 0) is 63.7 Å². The summed E-state index contributed by atoms with van der Waals surface area (Å²) in [5.41, 5.74) is 7.02. The Kier molecular flexibility index (Phi) is 6.66. The predicted octanol–water partition coefficient (Wildman–Crippen LogP) is 2.36. The number of nitrogens with one attached hydrogen (secondary N) is 1. The van der Waals surface area contributed by atoms with Crippen LogP contribution in [0.4, 0.5) is 0 Å². The van der Waals surface area contributed by atoms with E-state index >= 15 is 0 Å². The van der Waals surface area contributed by atoms with Crippen molar-refractivity contribution in [1.82, 2.24) is 10.2 Å². The summed E-state index contributed by atoms with van der Waals surface area (Å²) in [7, 11) is 4.13. The van der Waals surface area contributed by atoms with Gasteiger partial charge in [0.2, 0.25) is 0 Å². The molecule has 17 heavy (non-hydrogen) atoms. The molecule has 0 aliphatic carbocycles. The summed E-state index contributed by atoms with van der Waals surface area (Å²) in [4.78, 5) is 2.15. The van der Waals surface area contributed by atoms with Gasteiger partial charge in [0.25, 0.3) is 0 Å². The molecule has 0 aliphatic rings. The third-order valence-corrected chi connectivity index (χ3v) is 4.41. The minimum Gasteiger partial charge on any atom is -0.329 e. The number of rotatable bonds is 6. The molecule has 0 heterocycles. The van der Waals surface area contributed by atoms with Crippen LogP contribution < -0.4 is 11.1 Å². The Hall–Kier alpha value is 0.0600. The lowest BCUT2D eigenvalue weighted by molar-refractivity contribution is 0.385. The monoisotopic (exact) mass is 363 g/mol. The maximum absolute atomic E-state index is 5.81. The van der Waals surface area contributed by atoms with Gasteiger partial charge in [-0.25, -0.2) is 0 Å². The van der Waals surface area contributed by atoms with Crippen molar-refractivity contribution in [3.05, 3.63) is 32.7 Å². The molecule has 3 nitrogen and oxygen atoms in total. The first kappa shape index (κ1) is 15.1. The molecule has 1 aromatic rings. The van der Waals surface area contributed by atoms with E-state index in [2.05, 4.69) is 68.3 Å². The van der Waals surface area contributed by atoms with Gasteiger partial charge in [-0.15, -0.1) is 0 Å². The fourth-order valence-corrected chi connectivity index (χ4v) is 2.17. The number of halogens is 2. The quantitative estimate of drug-likeness (QED) is 0.814. The summed E-state index contributed by atoms with van der Waals surface area (Å²) >= 11 is 6.98. The van der Waals surface area contributed by atoms with Crippen LogP contribution in [-0.4, -0.2) is 38.6 Å². The Morgan fingerprint density at radius 1 is 1.29 bits per heavy atom. The second-order valence-corrected chi connectivity index (χ2v) is 5.93. The van der Waals surface area contributed by atoms with Crippen LogP contribution in [0.5, 0.6) is 0 Å². The first-order valence-electron chi connectivity index (χ1n) is 5.57. The Balaban J connectivity index is 2.62. The molecule has 1 aromatic carbocycles. The average Bonchev–Trinajstić information content (AvgIpc) is 2.28. The van der Waals surface area contributed by atoms with Gasteiger partial charge in [-0.1, -0.05) is 6.07 Å². The smallest absolute Gasteiger partial charge is 0.0445 e. The second kappa shape index (κ2) is 7.48. The van der Waals surface area contributed by atoms with Crippen molar-refractivity contribution in [3.63, 3.8) is 0 Å². The van der Waals surface area contributed by atoms with Crippen molar-refractivity contribution in [1.29, 1.82) is 0 Å². The van der Waals surface area contributed by atoms with Gasteiger partial charge < -0.3 is 16.0 Å². The third-order valence-electron chi connectivity index (χ3n) is 2.53. The van der Waals surface area contributed by atoms with Crippen LogP contribution in [0.1, 0.15) is 11.6 Å². The molecular weight excluding hydrogens is 346 g/mol. The number of hydrogen-bond donors (Lipinski definition) is 2. The maximum atomic E-state index is 5.81. The molecule has 1 atom stereocenters. The van der Waals surface area contributed by atoms with Gasteiger partial charge in [0.05, 0.1) is 0 Å². The zero-order valence-electron chi connectivity index (χ0n) is 10.2. The first-order chi connectivity index (χ1) is 8.04. The van der Waals surface area contributed by atoms with E-state index in [1.807, 2.05) is 6.07 Å². The van der Waals surface area contributed by atoms with Crippen molar-refractivity contribution in [2.45, 2.75) is 6.04 Å². The molecule has 0 aliphatic heterocycles. The number of likely N-dealkylation sites (N-methyl/N-ethyl adjacent to an activating group) is 1. The van der Waals surface area contributed by atoms with E-state index in [1.54, 1.807) is 0 Å². The van der Waals surface area contributed by atoms with Crippen LogP contribution in [0.2, 0.25) is 0 Å². The highest BCUT2D eigenvalue weighted by Crippen LogP contribution is 2.26. The van der Waals surface area contributed by atoms with Crippen LogP contribution in [0.3, 0.4) is 0 Å². The highest BCUT2D eigenvalue weighted by molar-refractivity contribution is 9.13. The number of nitrogens with zero attached hydrogens (tertiary/aromatic N) is 1. The SMILES string of the molecule is CN(C)CCNC(CN)c1ccc(Br)c(Br)c1. The van der Waals surface area contributed by atoms with Crippen LogP contribution in [-0.2, 0) is 0 Å². The third kappa shape index (κ3) is 5.06. The molecule has 0 saturated heterocycles. The van der Waals surface area contributed by atoms with Crippen molar-refractivity contribution >= 4 is 31.9 Å². The van der Waals surface area contributed by atoms with E-state index < -0.39 is 0 Å². The molecule has 0 bridgehead atoms. The van der Waals surface area contributed by atoms with Crippen LogP contribution in [0, 0.1) is 0 Å². The largest absolute Gasteiger partial charge is 0.329 e. The maximum Gasteiger partial charge on any atom is 0.0445 e. The summed E-state index contributed by atoms with van der Waals surface area (Å²) < 4.78 is 2.12.